The van der Waals surface area contributed by atoms with Gasteiger partial charge in [-0.25, -0.2) is 0 Å². The average molecular weight is 244 g/mol. The molecule has 1 aromatic carbocycles. The summed E-state index contributed by atoms with van der Waals surface area (Å²) in [4.78, 5) is 9.90. The minimum Gasteiger partial charge on any atom is -0.502 e. The van der Waals surface area contributed by atoms with Crippen molar-refractivity contribution in [3.8, 4) is 5.75 Å². The molecule has 0 aromatic heterocycles. The van der Waals surface area contributed by atoms with Gasteiger partial charge in [0.25, 0.3) is 0 Å². The molecule has 0 saturated carbocycles. The summed E-state index contributed by atoms with van der Waals surface area (Å²) >= 11 is 5.69. The van der Waals surface area contributed by atoms with Crippen LogP contribution in [0, 0.1) is 10.1 Å². The molecule has 1 N–H and O–H groups in total. The predicted octanol–water partition coefficient (Wildman–Crippen LogP) is 1.85. The average Bonchev–Trinajstić information content (AvgIpc) is 2.18. The van der Waals surface area contributed by atoms with Gasteiger partial charge < -0.3 is 10.1 Å². The van der Waals surface area contributed by atoms with Crippen LogP contribution < -0.4 is 0 Å². The predicted molar refractivity (Wildman–Crippen MR) is 61.1 cm³/mol. The fourth-order valence-electron chi connectivity index (χ4n) is 1.02. The molecule has 1 aromatic rings. The van der Waals surface area contributed by atoms with Gasteiger partial charge in [0, 0.05) is 30.7 Å². The Morgan fingerprint density at radius 1 is 1.56 bits per heavy atom. The van der Waals surface area contributed by atoms with Gasteiger partial charge in [0.05, 0.1) is 11.1 Å². The number of hydrazone groups is 1. The number of hydrogen-bond acceptors (Lipinski definition) is 5. The molecule has 1 rings (SSSR count). The van der Waals surface area contributed by atoms with E-state index in [-0.39, 0.29) is 10.6 Å². The number of phenols is 1. The first kappa shape index (κ1) is 12.3. The highest BCUT2D eigenvalue weighted by Gasteiger charge is 2.17. The second-order valence-electron chi connectivity index (χ2n) is 3.21. The first-order valence-corrected chi connectivity index (χ1v) is 4.68. The van der Waals surface area contributed by atoms with Crippen molar-refractivity contribution in [2.75, 3.05) is 14.1 Å². The van der Waals surface area contributed by atoms with Crippen LogP contribution in [0.15, 0.2) is 17.2 Å². The standard InChI is InChI=1S/C9H10ClN3O3/c1-12(2)11-5-6-3-7(10)4-8(9(6)14)13(15)16/h3-5,14H,1-2H3/b11-5-. The number of phenolic OH excluding ortho intramolecular Hbond substituents is 1. The van der Waals surface area contributed by atoms with Crippen LogP contribution in [0.4, 0.5) is 5.69 Å². The number of rotatable bonds is 3. The minimum absolute atomic E-state index is 0.171. The lowest BCUT2D eigenvalue weighted by atomic mass is 10.2. The van der Waals surface area contributed by atoms with Crippen LogP contribution in [-0.4, -0.2) is 35.3 Å². The Kier molecular flexibility index (Phi) is 3.68. The number of hydrogen-bond donors (Lipinski definition) is 1. The molecule has 86 valence electrons. The van der Waals surface area contributed by atoms with Crippen molar-refractivity contribution in [3.05, 3.63) is 32.8 Å². The molecule has 0 bridgehead atoms. The van der Waals surface area contributed by atoms with Gasteiger partial charge in [-0.2, -0.15) is 5.10 Å². The summed E-state index contributed by atoms with van der Waals surface area (Å²) in [5.41, 5.74) is -0.236. The van der Waals surface area contributed by atoms with Crippen molar-refractivity contribution in [1.82, 2.24) is 5.01 Å². The molecule has 0 aliphatic rings. The molecule has 7 heteroatoms. The Bertz CT molecular complexity index is 446. The molecule has 0 saturated heterocycles. The second kappa shape index (κ2) is 4.80. The monoisotopic (exact) mass is 243 g/mol. The maximum atomic E-state index is 10.6. The lowest BCUT2D eigenvalue weighted by Crippen LogP contribution is -2.02. The largest absolute Gasteiger partial charge is 0.502 e. The number of nitro groups is 1. The topological polar surface area (TPSA) is 79.0 Å². The van der Waals surface area contributed by atoms with Crippen molar-refractivity contribution in [2.24, 2.45) is 5.10 Å². The Morgan fingerprint density at radius 3 is 2.69 bits per heavy atom. The Balaban J connectivity index is 3.24. The SMILES string of the molecule is CN(C)/N=C\c1cc(Cl)cc([N+](=O)[O-])c1O. The Morgan fingerprint density at radius 2 is 2.19 bits per heavy atom. The minimum atomic E-state index is -0.700. The van der Waals surface area contributed by atoms with Gasteiger partial charge in [0.1, 0.15) is 0 Å². The van der Waals surface area contributed by atoms with Crippen LogP contribution in [0.3, 0.4) is 0 Å². The van der Waals surface area contributed by atoms with E-state index in [4.69, 9.17) is 11.6 Å². The Labute approximate surface area is 96.9 Å². The van der Waals surface area contributed by atoms with Crippen LogP contribution in [0.1, 0.15) is 5.56 Å². The van der Waals surface area contributed by atoms with E-state index < -0.39 is 16.4 Å². The van der Waals surface area contributed by atoms with E-state index in [0.717, 1.165) is 6.07 Å². The first-order valence-electron chi connectivity index (χ1n) is 4.30. The molecule has 0 aliphatic carbocycles. The molecular weight excluding hydrogens is 234 g/mol. The van der Waals surface area contributed by atoms with Crippen molar-refractivity contribution < 1.29 is 10.0 Å². The molecule has 6 nitrogen and oxygen atoms in total. The molecule has 0 amide bonds. The van der Waals surface area contributed by atoms with Gasteiger partial charge in [-0.15, -0.1) is 0 Å². The summed E-state index contributed by atoms with van der Waals surface area (Å²) in [7, 11) is 3.37. The Hall–Kier alpha value is -1.82. The van der Waals surface area contributed by atoms with E-state index in [1.165, 1.54) is 17.3 Å². The normalized spacial score (nSPS) is 10.7. The third-order valence-electron chi connectivity index (χ3n) is 1.71. The van der Waals surface area contributed by atoms with E-state index in [0.29, 0.717) is 0 Å². The summed E-state index contributed by atoms with van der Waals surface area (Å²) in [6, 6.07) is 2.49. The number of aromatic hydroxyl groups is 1. The van der Waals surface area contributed by atoms with E-state index in [1.54, 1.807) is 14.1 Å². The fraction of sp³-hybridized carbons (Fsp3) is 0.222. The third-order valence-corrected chi connectivity index (χ3v) is 1.93. The lowest BCUT2D eigenvalue weighted by Gasteiger charge is -2.04. The molecule has 0 fully saturated rings. The van der Waals surface area contributed by atoms with Crippen LogP contribution in [0.25, 0.3) is 0 Å². The zero-order valence-electron chi connectivity index (χ0n) is 8.72. The van der Waals surface area contributed by atoms with Gasteiger partial charge in [-0.1, -0.05) is 11.6 Å². The van der Waals surface area contributed by atoms with E-state index >= 15 is 0 Å². The van der Waals surface area contributed by atoms with E-state index in [2.05, 4.69) is 5.10 Å². The third kappa shape index (κ3) is 2.83. The smallest absolute Gasteiger partial charge is 0.312 e. The number of halogens is 1. The number of nitrogens with zero attached hydrogens (tertiary/aromatic N) is 3. The number of benzene rings is 1. The van der Waals surface area contributed by atoms with Crippen molar-refractivity contribution in [1.29, 1.82) is 0 Å². The van der Waals surface area contributed by atoms with Crippen LogP contribution in [-0.2, 0) is 0 Å². The van der Waals surface area contributed by atoms with Gasteiger partial charge >= 0.3 is 5.69 Å². The maximum Gasteiger partial charge on any atom is 0.312 e. The molecule has 0 unspecified atom stereocenters. The molecule has 0 heterocycles. The van der Waals surface area contributed by atoms with Gasteiger partial charge in [-0.05, 0) is 6.07 Å². The van der Waals surface area contributed by atoms with Gasteiger partial charge in [-0.3, -0.25) is 10.1 Å². The summed E-state index contributed by atoms with van der Waals surface area (Å²) in [5.74, 6) is -0.444. The molecule has 0 atom stereocenters. The van der Waals surface area contributed by atoms with Crippen molar-refractivity contribution in [2.45, 2.75) is 0 Å². The van der Waals surface area contributed by atoms with Crippen molar-refractivity contribution in [3.63, 3.8) is 0 Å². The number of nitro benzene ring substituents is 1. The molecular formula is C9H10ClN3O3. The zero-order valence-corrected chi connectivity index (χ0v) is 9.47. The van der Waals surface area contributed by atoms with Crippen LogP contribution in [0.5, 0.6) is 5.75 Å². The van der Waals surface area contributed by atoms with Gasteiger partial charge in [0.2, 0.25) is 5.75 Å². The second-order valence-corrected chi connectivity index (χ2v) is 3.65. The van der Waals surface area contributed by atoms with E-state index in [9.17, 15) is 15.2 Å². The first-order chi connectivity index (χ1) is 7.41. The molecule has 0 spiro atoms. The molecule has 0 radical (unpaired) electrons. The summed E-state index contributed by atoms with van der Waals surface area (Å²) < 4.78 is 0. The summed E-state index contributed by atoms with van der Waals surface area (Å²) in [5, 5.41) is 25.7. The molecule has 0 aliphatic heterocycles. The zero-order chi connectivity index (χ0) is 12.3. The highest BCUT2D eigenvalue weighted by Crippen LogP contribution is 2.32. The summed E-state index contributed by atoms with van der Waals surface area (Å²) in [6.45, 7) is 0. The quantitative estimate of drug-likeness (QED) is 0.499. The highest BCUT2D eigenvalue weighted by atomic mass is 35.5. The van der Waals surface area contributed by atoms with E-state index in [1.807, 2.05) is 0 Å². The maximum absolute atomic E-state index is 10.6. The van der Waals surface area contributed by atoms with Crippen molar-refractivity contribution >= 4 is 23.5 Å². The van der Waals surface area contributed by atoms with Gasteiger partial charge in [0.15, 0.2) is 0 Å². The highest BCUT2D eigenvalue weighted by molar-refractivity contribution is 6.31. The van der Waals surface area contributed by atoms with Crippen LogP contribution in [0.2, 0.25) is 5.02 Å². The van der Waals surface area contributed by atoms with Crippen LogP contribution >= 0.6 is 11.6 Å². The fourth-order valence-corrected chi connectivity index (χ4v) is 1.24. The molecule has 16 heavy (non-hydrogen) atoms. The summed E-state index contributed by atoms with van der Waals surface area (Å²) in [6.07, 6.45) is 1.30. The lowest BCUT2D eigenvalue weighted by molar-refractivity contribution is -0.385.